The van der Waals surface area contributed by atoms with Crippen LogP contribution in [0.25, 0.3) is 0 Å². The van der Waals surface area contributed by atoms with E-state index in [1.165, 1.54) is 12.1 Å². The minimum absolute atomic E-state index is 1.09. The average molecular weight is 136 g/mol. The zero-order valence-electron chi connectivity index (χ0n) is 6.25. The molecule has 10 heavy (non-hydrogen) atoms. The lowest BCUT2D eigenvalue weighted by Gasteiger charge is -1.93. The molecule has 0 atom stereocenters. The largest absolute Gasteiger partial charge is 0.246 e. The maximum absolute atomic E-state index is 4.12. The van der Waals surface area contributed by atoms with Crippen LogP contribution in [-0.4, -0.2) is 12.1 Å². The van der Waals surface area contributed by atoms with Crippen molar-refractivity contribution in [1.82, 2.24) is 0 Å². The molecule has 0 amide bonds. The van der Waals surface area contributed by atoms with Crippen LogP contribution in [0.5, 0.6) is 0 Å². The van der Waals surface area contributed by atoms with Crippen LogP contribution >= 0.6 is 0 Å². The summed E-state index contributed by atoms with van der Waals surface area (Å²) in [5, 5.41) is 0. The molecule has 0 aromatic rings. The molecular weight excluding hydrogens is 124 g/mol. The average Bonchev–Trinajstić information content (AvgIpc) is 2.02. The lowest BCUT2D eigenvalue weighted by molar-refractivity contribution is 0.891. The summed E-state index contributed by atoms with van der Waals surface area (Å²) in [5.74, 6) is 0. The highest BCUT2D eigenvalue weighted by molar-refractivity contribution is 5.88. The van der Waals surface area contributed by atoms with Crippen LogP contribution in [-0.2, 0) is 0 Å². The highest BCUT2D eigenvalue weighted by atomic mass is 14.8. The fourth-order valence-electron chi connectivity index (χ4n) is 0.846. The van der Waals surface area contributed by atoms with E-state index >= 15 is 0 Å². The van der Waals surface area contributed by atoms with Crippen LogP contribution in [0.3, 0.4) is 0 Å². The van der Waals surface area contributed by atoms with Crippen molar-refractivity contribution in [2.24, 2.45) is 9.98 Å². The topological polar surface area (TPSA) is 24.7 Å². The molecule has 0 fully saturated rings. The summed E-state index contributed by atoms with van der Waals surface area (Å²) in [7, 11) is 0. The Balaban J connectivity index is 2.57. The lowest BCUT2D eigenvalue weighted by Crippen LogP contribution is -1.89. The standard InChI is InChI=1S/C8H12N2/c1-8-5-3-2-4-6-9-7-10-8/h4,6-7H,2-3,5H2,1H3/b6-4-,9-7-,10-8-. The van der Waals surface area contributed by atoms with E-state index in [0.717, 1.165) is 12.8 Å². The highest BCUT2D eigenvalue weighted by Crippen LogP contribution is 2.00. The SMILES string of the molecule is C/C1=N/C=N\C=C/CCC1. The maximum Gasteiger partial charge on any atom is 0.115 e. The van der Waals surface area contributed by atoms with Crippen molar-refractivity contribution >= 4 is 12.1 Å². The Morgan fingerprint density at radius 1 is 1.50 bits per heavy atom. The first-order valence-electron chi connectivity index (χ1n) is 3.59. The normalized spacial score (nSPS) is 30.7. The molecule has 0 N–H and O–H groups in total. The van der Waals surface area contributed by atoms with Crippen molar-refractivity contribution < 1.29 is 0 Å². The summed E-state index contributed by atoms with van der Waals surface area (Å²) >= 11 is 0. The maximum atomic E-state index is 4.12. The van der Waals surface area contributed by atoms with Gasteiger partial charge in [0.1, 0.15) is 6.34 Å². The molecule has 0 radical (unpaired) electrons. The Morgan fingerprint density at radius 3 is 3.30 bits per heavy atom. The molecule has 1 rings (SSSR count). The molecule has 1 aliphatic rings. The monoisotopic (exact) mass is 136 g/mol. The first-order chi connectivity index (χ1) is 4.89. The van der Waals surface area contributed by atoms with Gasteiger partial charge < -0.3 is 0 Å². The van der Waals surface area contributed by atoms with Crippen LogP contribution in [0.4, 0.5) is 0 Å². The van der Waals surface area contributed by atoms with E-state index in [1.54, 1.807) is 6.34 Å². The zero-order valence-corrected chi connectivity index (χ0v) is 6.25. The minimum Gasteiger partial charge on any atom is -0.246 e. The zero-order chi connectivity index (χ0) is 7.23. The van der Waals surface area contributed by atoms with Gasteiger partial charge in [0.05, 0.1) is 0 Å². The van der Waals surface area contributed by atoms with E-state index in [2.05, 4.69) is 16.1 Å². The quantitative estimate of drug-likeness (QED) is 0.487. The third kappa shape index (κ3) is 2.58. The second-order valence-corrected chi connectivity index (χ2v) is 2.41. The van der Waals surface area contributed by atoms with Gasteiger partial charge in [-0.1, -0.05) is 6.08 Å². The fourth-order valence-corrected chi connectivity index (χ4v) is 0.846. The van der Waals surface area contributed by atoms with Crippen molar-refractivity contribution in [1.29, 1.82) is 0 Å². The fraction of sp³-hybridized carbons (Fsp3) is 0.500. The Bertz CT molecular complexity index is 178. The Kier molecular flexibility index (Phi) is 2.87. The number of hydrogen-bond donors (Lipinski definition) is 0. The molecule has 1 aliphatic heterocycles. The molecule has 0 aromatic heterocycles. The summed E-state index contributed by atoms with van der Waals surface area (Å²) < 4.78 is 0. The van der Waals surface area contributed by atoms with E-state index in [4.69, 9.17) is 0 Å². The molecule has 0 saturated heterocycles. The number of rotatable bonds is 0. The van der Waals surface area contributed by atoms with Gasteiger partial charge in [-0.3, -0.25) is 0 Å². The summed E-state index contributed by atoms with van der Waals surface area (Å²) in [6, 6.07) is 0. The van der Waals surface area contributed by atoms with E-state index in [9.17, 15) is 0 Å². The number of allylic oxidation sites excluding steroid dienone is 1. The van der Waals surface area contributed by atoms with Gasteiger partial charge in [0.2, 0.25) is 0 Å². The van der Waals surface area contributed by atoms with Gasteiger partial charge in [-0.05, 0) is 26.2 Å². The number of nitrogens with zero attached hydrogens (tertiary/aromatic N) is 2. The molecule has 0 bridgehead atoms. The molecule has 0 spiro atoms. The third-order valence-electron chi connectivity index (χ3n) is 1.45. The predicted octanol–water partition coefficient (Wildman–Crippen LogP) is 2.17. The van der Waals surface area contributed by atoms with Gasteiger partial charge in [0, 0.05) is 11.9 Å². The number of hydrogen-bond acceptors (Lipinski definition) is 2. The van der Waals surface area contributed by atoms with Crippen molar-refractivity contribution in [2.45, 2.75) is 26.2 Å². The molecule has 54 valence electrons. The van der Waals surface area contributed by atoms with E-state index in [1.807, 2.05) is 13.1 Å². The Labute approximate surface area is 61.4 Å². The summed E-state index contributed by atoms with van der Waals surface area (Å²) in [6.07, 6.45) is 8.89. The summed E-state index contributed by atoms with van der Waals surface area (Å²) in [4.78, 5) is 8.07. The first kappa shape index (κ1) is 7.19. The van der Waals surface area contributed by atoms with E-state index in [-0.39, 0.29) is 0 Å². The first-order valence-corrected chi connectivity index (χ1v) is 3.59. The van der Waals surface area contributed by atoms with Crippen molar-refractivity contribution in [3.8, 4) is 0 Å². The van der Waals surface area contributed by atoms with Crippen LogP contribution in [0.15, 0.2) is 22.3 Å². The van der Waals surface area contributed by atoms with Gasteiger partial charge in [-0.15, -0.1) is 0 Å². The van der Waals surface area contributed by atoms with Crippen LogP contribution < -0.4 is 0 Å². The summed E-state index contributed by atoms with van der Waals surface area (Å²) in [5.41, 5.74) is 1.17. The van der Waals surface area contributed by atoms with Crippen molar-refractivity contribution in [2.75, 3.05) is 0 Å². The van der Waals surface area contributed by atoms with Gasteiger partial charge in [0.15, 0.2) is 0 Å². The van der Waals surface area contributed by atoms with Gasteiger partial charge in [0.25, 0.3) is 0 Å². The molecular formula is C8H12N2. The van der Waals surface area contributed by atoms with Crippen molar-refractivity contribution in [3.05, 3.63) is 12.3 Å². The minimum atomic E-state index is 1.09. The second kappa shape index (κ2) is 3.99. The molecule has 0 unspecified atom stereocenters. The molecule has 0 aromatic carbocycles. The van der Waals surface area contributed by atoms with E-state index < -0.39 is 0 Å². The van der Waals surface area contributed by atoms with Gasteiger partial charge >= 0.3 is 0 Å². The van der Waals surface area contributed by atoms with Crippen LogP contribution in [0.1, 0.15) is 26.2 Å². The Morgan fingerprint density at radius 2 is 2.40 bits per heavy atom. The number of aliphatic imine (C=N–C) groups is 2. The molecule has 1 heterocycles. The van der Waals surface area contributed by atoms with E-state index in [0.29, 0.717) is 0 Å². The smallest absolute Gasteiger partial charge is 0.115 e. The highest BCUT2D eigenvalue weighted by Gasteiger charge is 1.90. The third-order valence-corrected chi connectivity index (χ3v) is 1.45. The van der Waals surface area contributed by atoms with Crippen LogP contribution in [0, 0.1) is 0 Å². The molecule has 0 aliphatic carbocycles. The van der Waals surface area contributed by atoms with Crippen LogP contribution in [0.2, 0.25) is 0 Å². The molecule has 0 saturated carbocycles. The Hall–Kier alpha value is -0.920. The van der Waals surface area contributed by atoms with Gasteiger partial charge in [-0.2, -0.15) is 0 Å². The predicted molar refractivity (Wildman–Crippen MR) is 44.6 cm³/mol. The summed E-state index contributed by atoms with van der Waals surface area (Å²) in [6.45, 7) is 2.04. The molecule has 2 heteroatoms. The lowest BCUT2D eigenvalue weighted by atomic mass is 10.2. The van der Waals surface area contributed by atoms with Gasteiger partial charge in [-0.25, -0.2) is 9.98 Å². The molecule has 2 nitrogen and oxygen atoms in total. The second-order valence-electron chi connectivity index (χ2n) is 2.41. The van der Waals surface area contributed by atoms with Crippen molar-refractivity contribution in [3.63, 3.8) is 0 Å².